The first kappa shape index (κ1) is 6.05. The van der Waals surface area contributed by atoms with Crippen LogP contribution in [-0.2, 0) is 0 Å². The zero-order chi connectivity index (χ0) is 6.04. The topological polar surface area (TPSA) is 38.0 Å². The smallest absolute Gasteiger partial charge is 0.0301 e. The Kier molecular flexibility index (Phi) is 1.54. The SMILES string of the molecule is CNC1(CN)CCC1. The van der Waals surface area contributed by atoms with Crippen molar-refractivity contribution in [3.63, 3.8) is 0 Å². The molecule has 0 aromatic heterocycles. The molecule has 0 bridgehead atoms. The van der Waals surface area contributed by atoms with Crippen molar-refractivity contribution in [2.24, 2.45) is 5.73 Å². The molecule has 0 unspecified atom stereocenters. The van der Waals surface area contributed by atoms with Crippen LogP contribution >= 0.6 is 0 Å². The molecule has 0 amide bonds. The number of rotatable bonds is 2. The average molecular weight is 114 g/mol. The predicted octanol–water partition coefficient (Wildman–Crippen LogP) is 0.0872. The summed E-state index contributed by atoms with van der Waals surface area (Å²) in [5, 5.41) is 3.24. The summed E-state index contributed by atoms with van der Waals surface area (Å²) >= 11 is 0. The summed E-state index contributed by atoms with van der Waals surface area (Å²) in [5.74, 6) is 0. The molecule has 0 aromatic carbocycles. The second-order valence-electron chi connectivity index (χ2n) is 2.59. The molecule has 0 atom stereocenters. The Bertz CT molecular complexity index is 63.1. The van der Waals surface area contributed by atoms with Crippen molar-refractivity contribution in [2.75, 3.05) is 13.6 Å². The lowest BCUT2D eigenvalue weighted by molar-refractivity contribution is 0.208. The summed E-state index contributed by atoms with van der Waals surface area (Å²) < 4.78 is 0. The number of hydrogen-bond acceptors (Lipinski definition) is 2. The third kappa shape index (κ3) is 0.740. The predicted molar refractivity (Wildman–Crippen MR) is 34.7 cm³/mol. The zero-order valence-corrected chi connectivity index (χ0v) is 5.41. The van der Waals surface area contributed by atoms with Crippen LogP contribution in [0, 0.1) is 0 Å². The van der Waals surface area contributed by atoms with Gasteiger partial charge >= 0.3 is 0 Å². The lowest BCUT2D eigenvalue weighted by Gasteiger charge is -2.40. The summed E-state index contributed by atoms with van der Waals surface area (Å²) in [5.41, 5.74) is 5.85. The monoisotopic (exact) mass is 114 g/mol. The van der Waals surface area contributed by atoms with E-state index in [1.807, 2.05) is 7.05 Å². The van der Waals surface area contributed by atoms with Crippen LogP contribution < -0.4 is 11.1 Å². The van der Waals surface area contributed by atoms with Gasteiger partial charge < -0.3 is 11.1 Å². The molecule has 1 saturated carbocycles. The summed E-state index contributed by atoms with van der Waals surface area (Å²) in [4.78, 5) is 0. The fourth-order valence-corrected chi connectivity index (χ4v) is 1.16. The highest BCUT2D eigenvalue weighted by Crippen LogP contribution is 2.29. The van der Waals surface area contributed by atoms with Gasteiger partial charge in [-0.15, -0.1) is 0 Å². The molecule has 48 valence electrons. The van der Waals surface area contributed by atoms with Crippen molar-refractivity contribution >= 4 is 0 Å². The van der Waals surface area contributed by atoms with Crippen LogP contribution in [0.25, 0.3) is 0 Å². The first-order chi connectivity index (χ1) is 3.83. The van der Waals surface area contributed by atoms with Gasteiger partial charge in [-0.3, -0.25) is 0 Å². The van der Waals surface area contributed by atoms with E-state index in [-0.39, 0.29) is 0 Å². The molecule has 0 saturated heterocycles. The van der Waals surface area contributed by atoms with Crippen LogP contribution in [0.4, 0.5) is 0 Å². The molecule has 8 heavy (non-hydrogen) atoms. The normalized spacial score (nSPS) is 24.8. The van der Waals surface area contributed by atoms with E-state index in [1.54, 1.807) is 0 Å². The number of hydrogen-bond donors (Lipinski definition) is 2. The van der Waals surface area contributed by atoms with Gasteiger partial charge in [-0.1, -0.05) is 0 Å². The van der Waals surface area contributed by atoms with Crippen LogP contribution in [0.2, 0.25) is 0 Å². The molecule has 3 N–H and O–H groups in total. The summed E-state index contributed by atoms with van der Waals surface area (Å²) in [6.45, 7) is 0.795. The molecule has 0 aliphatic heterocycles. The highest BCUT2D eigenvalue weighted by molar-refractivity contribution is 4.95. The maximum atomic E-state index is 5.52. The molecule has 1 aliphatic rings. The van der Waals surface area contributed by atoms with Gasteiger partial charge in [0.25, 0.3) is 0 Å². The lowest BCUT2D eigenvalue weighted by atomic mass is 9.77. The number of nitrogens with two attached hydrogens (primary N) is 1. The highest BCUT2D eigenvalue weighted by Gasteiger charge is 2.33. The van der Waals surface area contributed by atoms with Gasteiger partial charge in [-0.25, -0.2) is 0 Å². The standard InChI is InChI=1S/C6H14N2/c1-8-6(5-7)3-2-4-6/h8H,2-5,7H2,1H3. The van der Waals surface area contributed by atoms with Crippen molar-refractivity contribution in [1.82, 2.24) is 5.32 Å². The minimum absolute atomic E-state index is 0.333. The number of likely N-dealkylation sites (N-methyl/N-ethyl adjacent to an activating group) is 1. The summed E-state index contributed by atoms with van der Waals surface area (Å²) in [6.07, 6.45) is 3.87. The van der Waals surface area contributed by atoms with E-state index in [0.717, 1.165) is 6.54 Å². The van der Waals surface area contributed by atoms with Gasteiger partial charge in [0.15, 0.2) is 0 Å². The van der Waals surface area contributed by atoms with Gasteiger partial charge in [-0.05, 0) is 26.3 Å². The van der Waals surface area contributed by atoms with Gasteiger partial charge in [0, 0.05) is 12.1 Å². The molecule has 2 heteroatoms. The van der Waals surface area contributed by atoms with Crippen molar-refractivity contribution in [1.29, 1.82) is 0 Å². The fraction of sp³-hybridized carbons (Fsp3) is 1.00. The van der Waals surface area contributed by atoms with Crippen LogP contribution in [0.15, 0.2) is 0 Å². The maximum Gasteiger partial charge on any atom is 0.0301 e. The molecule has 0 aromatic rings. The summed E-state index contributed by atoms with van der Waals surface area (Å²) in [6, 6.07) is 0. The van der Waals surface area contributed by atoms with Crippen LogP contribution in [0.1, 0.15) is 19.3 Å². The van der Waals surface area contributed by atoms with Crippen LogP contribution in [0.5, 0.6) is 0 Å². The minimum Gasteiger partial charge on any atom is -0.329 e. The first-order valence-electron chi connectivity index (χ1n) is 3.22. The van der Waals surface area contributed by atoms with Crippen LogP contribution in [0.3, 0.4) is 0 Å². The van der Waals surface area contributed by atoms with E-state index in [0.29, 0.717) is 5.54 Å². The zero-order valence-electron chi connectivity index (χ0n) is 5.41. The molecule has 1 aliphatic carbocycles. The number of nitrogens with one attached hydrogen (secondary N) is 1. The van der Waals surface area contributed by atoms with Crippen molar-refractivity contribution in [3.05, 3.63) is 0 Å². The summed E-state index contributed by atoms with van der Waals surface area (Å²) in [7, 11) is 1.99. The quantitative estimate of drug-likeness (QED) is 0.534. The van der Waals surface area contributed by atoms with Crippen LogP contribution in [-0.4, -0.2) is 19.1 Å². The molecule has 1 fully saturated rings. The van der Waals surface area contributed by atoms with E-state index in [4.69, 9.17) is 5.73 Å². The third-order valence-corrected chi connectivity index (χ3v) is 2.23. The molecule has 0 spiro atoms. The van der Waals surface area contributed by atoms with E-state index in [1.165, 1.54) is 19.3 Å². The van der Waals surface area contributed by atoms with Crippen molar-refractivity contribution < 1.29 is 0 Å². The second kappa shape index (κ2) is 2.03. The minimum atomic E-state index is 0.333. The third-order valence-electron chi connectivity index (χ3n) is 2.23. The molecule has 1 rings (SSSR count). The van der Waals surface area contributed by atoms with Crippen molar-refractivity contribution in [3.8, 4) is 0 Å². The van der Waals surface area contributed by atoms with E-state index < -0.39 is 0 Å². The highest BCUT2D eigenvalue weighted by atomic mass is 15.0. The maximum absolute atomic E-state index is 5.52. The van der Waals surface area contributed by atoms with E-state index in [9.17, 15) is 0 Å². The Hall–Kier alpha value is -0.0800. The Morgan fingerprint density at radius 3 is 2.25 bits per heavy atom. The first-order valence-corrected chi connectivity index (χ1v) is 3.22. The van der Waals surface area contributed by atoms with E-state index in [2.05, 4.69) is 5.32 Å². The molecule has 2 nitrogen and oxygen atoms in total. The largest absolute Gasteiger partial charge is 0.329 e. The second-order valence-corrected chi connectivity index (χ2v) is 2.59. The molecular weight excluding hydrogens is 100 g/mol. The van der Waals surface area contributed by atoms with Crippen molar-refractivity contribution in [2.45, 2.75) is 24.8 Å². The average Bonchev–Trinajstić information content (AvgIpc) is 1.67. The Balaban J connectivity index is 2.33. The lowest BCUT2D eigenvalue weighted by Crippen LogP contribution is -2.54. The van der Waals surface area contributed by atoms with E-state index >= 15 is 0 Å². The molecular formula is C6H14N2. The van der Waals surface area contributed by atoms with Gasteiger partial charge in [0.05, 0.1) is 0 Å². The molecule has 0 radical (unpaired) electrons. The fourth-order valence-electron chi connectivity index (χ4n) is 1.16. The van der Waals surface area contributed by atoms with Gasteiger partial charge in [0.1, 0.15) is 0 Å². The Morgan fingerprint density at radius 1 is 1.62 bits per heavy atom. The Morgan fingerprint density at radius 2 is 2.25 bits per heavy atom. The molecule has 0 heterocycles. The Labute approximate surface area is 50.4 Å². The van der Waals surface area contributed by atoms with Gasteiger partial charge in [-0.2, -0.15) is 0 Å². The van der Waals surface area contributed by atoms with Gasteiger partial charge in [0.2, 0.25) is 0 Å².